The van der Waals surface area contributed by atoms with Crippen molar-refractivity contribution in [3.8, 4) is 0 Å². The number of carbonyl (C=O) groups is 1. The summed E-state index contributed by atoms with van der Waals surface area (Å²) in [5.74, 6) is 0.00711. The van der Waals surface area contributed by atoms with Crippen LogP contribution in [-0.2, 0) is 9.53 Å². The Balaban J connectivity index is 4.02. The molecule has 1 unspecified atom stereocenters. The Bertz CT molecular complexity index is 205. The zero-order valence-corrected chi connectivity index (χ0v) is 10.9. The molecule has 0 rings (SSSR count). The first-order valence-electron chi connectivity index (χ1n) is 5.67. The van der Waals surface area contributed by atoms with Crippen LogP contribution in [0, 0.1) is 0 Å². The molecule has 0 aliphatic carbocycles. The van der Waals surface area contributed by atoms with E-state index in [4.69, 9.17) is 10.5 Å². The largest absolute Gasteiger partial charge is 0.383 e. The lowest BCUT2D eigenvalue weighted by atomic mass is 9.97. The second kappa shape index (κ2) is 7.60. The van der Waals surface area contributed by atoms with E-state index >= 15 is 0 Å². The van der Waals surface area contributed by atoms with Gasteiger partial charge in [0.05, 0.1) is 13.2 Å². The van der Waals surface area contributed by atoms with Crippen LogP contribution in [0.5, 0.6) is 0 Å². The summed E-state index contributed by atoms with van der Waals surface area (Å²) in [6.07, 6.45) is 0.922. The molecule has 0 aromatic heterocycles. The van der Waals surface area contributed by atoms with Crippen molar-refractivity contribution >= 4 is 5.91 Å². The number of nitrogens with one attached hydrogen (secondary N) is 1. The lowest BCUT2D eigenvalue weighted by molar-refractivity contribution is -0.123. The van der Waals surface area contributed by atoms with Crippen LogP contribution >= 0.6 is 0 Å². The van der Waals surface area contributed by atoms with Gasteiger partial charge in [-0.25, -0.2) is 0 Å². The molecule has 0 saturated carbocycles. The Kier molecular flexibility index (Phi) is 7.29. The van der Waals surface area contributed by atoms with Gasteiger partial charge in [0.1, 0.15) is 0 Å². The Labute approximate surface area is 98.3 Å². The van der Waals surface area contributed by atoms with E-state index in [1.165, 1.54) is 0 Å². The SMILES string of the molecule is CCC(C)(CN)N(C)CC(=O)NCCOC. The minimum Gasteiger partial charge on any atom is -0.383 e. The van der Waals surface area contributed by atoms with Crippen LogP contribution in [0.1, 0.15) is 20.3 Å². The van der Waals surface area contributed by atoms with Crippen LogP contribution in [0.2, 0.25) is 0 Å². The van der Waals surface area contributed by atoms with Gasteiger partial charge < -0.3 is 15.8 Å². The second-order valence-corrected chi connectivity index (χ2v) is 4.25. The molecule has 3 N–H and O–H groups in total. The van der Waals surface area contributed by atoms with Gasteiger partial charge in [-0.15, -0.1) is 0 Å². The van der Waals surface area contributed by atoms with E-state index in [2.05, 4.69) is 19.2 Å². The first kappa shape index (κ1) is 15.3. The number of carbonyl (C=O) groups excluding carboxylic acids is 1. The maximum atomic E-state index is 11.6. The fraction of sp³-hybridized carbons (Fsp3) is 0.909. The number of methoxy groups -OCH3 is 1. The number of nitrogens with two attached hydrogens (primary N) is 1. The van der Waals surface area contributed by atoms with Gasteiger partial charge in [-0.2, -0.15) is 0 Å². The molecule has 0 aromatic rings. The molecule has 0 heterocycles. The van der Waals surface area contributed by atoms with Gasteiger partial charge in [-0.3, -0.25) is 9.69 Å². The summed E-state index contributed by atoms with van der Waals surface area (Å²) in [6, 6.07) is 0. The molecule has 1 atom stereocenters. The predicted octanol–water partition coefficient (Wildman–Crippen LogP) is -0.192. The van der Waals surface area contributed by atoms with Gasteiger partial charge >= 0.3 is 0 Å². The summed E-state index contributed by atoms with van der Waals surface area (Å²) in [6.45, 7) is 6.14. The van der Waals surface area contributed by atoms with Crippen molar-refractivity contribution in [1.82, 2.24) is 10.2 Å². The van der Waals surface area contributed by atoms with Gasteiger partial charge in [0.15, 0.2) is 0 Å². The van der Waals surface area contributed by atoms with Crippen LogP contribution in [0.4, 0.5) is 0 Å². The van der Waals surface area contributed by atoms with Gasteiger partial charge in [0.2, 0.25) is 5.91 Å². The van der Waals surface area contributed by atoms with Crippen LogP contribution in [0.15, 0.2) is 0 Å². The number of amides is 1. The normalized spacial score (nSPS) is 14.9. The number of nitrogens with zero attached hydrogens (tertiary/aromatic N) is 1. The molecule has 1 amide bonds. The minimum atomic E-state index is -0.113. The van der Waals surface area contributed by atoms with Crippen molar-refractivity contribution in [1.29, 1.82) is 0 Å². The molecule has 0 aromatic carbocycles. The number of hydrogen-bond donors (Lipinski definition) is 2. The number of likely N-dealkylation sites (N-methyl/N-ethyl adjacent to an activating group) is 1. The van der Waals surface area contributed by atoms with Crippen molar-refractivity contribution in [2.45, 2.75) is 25.8 Å². The Morgan fingerprint density at radius 2 is 2.19 bits per heavy atom. The van der Waals surface area contributed by atoms with Crippen molar-refractivity contribution in [3.05, 3.63) is 0 Å². The van der Waals surface area contributed by atoms with E-state index < -0.39 is 0 Å². The minimum absolute atomic E-state index is 0.00711. The monoisotopic (exact) mass is 231 g/mol. The fourth-order valence-electron chi connectivity index (χ4n) is 1.32. The molecule has 0 aliphatic heterocycles. The highest BCUT2D eigenvalue weighted by Gasteiger charge is 2.26. The Morgan fingerprint density at radius 1 is 1.56 bits per heavy atom. The van der Waals surface area contributed by atoms with E-state index in [1.54, 1.807) is 7.11 Å². The average molecular weight is 231 g/mol. The van der Waals surface area contributed by atoms with E-state index in [0.29, 0.717) is 26.2 Å². The fourth-order valence-corrected chi connectivity index (χ4v) is 1.32. The first-order chi connectivity index (χ1) is 7.50. The summed E-state index contributed by atoms with van der Waals surface area (Å²) in [5, 5.41) is 2.79. The predicted molar refractivity (Wildman–Crippen MR) is 65.3 cm³/mol. The molecule has 5 heteroatoms. The highest BCUT2D eigenvalue weighted by atomic mass is 16.5. The van der Waals surface area contributed by atoms with Crippen molar-refractivity contribution < 1.29 is 9.53 Å². The summed E-state index contributed by atoms with van der Waals surface area (Å²) < 4.78 is 4.86. The Morgan fingerprint density at radius 3 is 2.62 bits per heavy atom. The third-order valence-electron chi connectivity index (χ3n) is 3.13. The van der Waals surface area contributed by atoms with Crippen LogP contribution < -0.4 is 11.1 Å². The zero-order valence-electron chi connectivity index (χ0n) is 10.9. The molecule has 0 bridgehead atoms. The molecule has 0 saturated heterocycles. The van der Waals surface area contributed by atoms with E-state index in [9.17, 15) is 4.79 Å². The zero-order chi connectivity index (χ0) is 12.6. The highest BCUT2D eigenvalue weighted by molar-refractivity contribution is 5.78. The topological polar surface area (TPSA) is 67.6 Å². The van der Waals surface area contributed by atoms with Crippen molar-refractivity contribution in [3.63, 3.8) is 0 Å². The molecule has 96 valence electrons. The molecule has 0 fully saturated rings. The first-order valence-corrected chi connectivity index (χ1v) is 5.67. The maximum absolute atomic E-state index is 11.6. The average Bonchev–Trinajstić information content (AvgIpc) is 2.28. The van der Waals surface area contributed by atoms with Crippen LogP contribution in [0.3, 0.4) is 0 Å². The maximum Gasteiger partial charge on any atom is 0.234 e. The number of hydrogen-bond acceptors (Lipinski definition) is 4. The summed E-state index contributed by atoms with van der Waals surface area (Å²) >= 11 is 0. The van der Waals surface area contributed by atoms with Gasteiger partial charge in [-0.05, 0) is 20.4 Å². The molecule has 5 nitrogen and oxygen atoms in total. The van der Waals surface area contributed by atoms with Gasteiger partial charge in [0, 0.05) is 25.7 Å². The summed E-state index contributed by atoms with van der Waals surface area (Å²) in [7, 11) is 3.53. The van der Waals surface area contributed by atoms with Crippen LogP contribution in [-0.4, -0.2) is 56.7 Å². The number of ether oxygens (including phenoxy) is 1. The molecular weight excluding hydrogens is 206 g/mol. The molecule has 0 aliphatic rings. The summed E-state index contributed by atoms with van der Waals surface area (Å²) in [5.41, 5.74) is 5.61. The molecule has 16 heavy (non-hydrogen) atoms. The van der Waals surface area contributed by atoms with Gasteiger partial charge in [-0.1, -0.05) is 6.92 Å². The smallest absolute Gasteiger partial charge is 0.234 e. The molecule has 0 radical (unpaired) electrons. The molecule has 0 spiro atoms. The lowest BCUT2D eigenvalue weighted by Gasteiger charge is -2.36. The van der Waals surface area contributed by atoms with E-state index in [-0.39, 0.29) is 11.4 Å². The quantitative estimate of drug-likeness (QED) is 0.568. The third kappa shape index (κ3) is 4.92. The van der Waals surface area contributed by atoms with Gasteiger partial charge in [0.25, 0.3) is 0 Å². The lowest BCUT2D eigenvalue weighted by Crippen LogP contribution is -2.52. The Hall–Kier alpha value is -0.650. The van der Waals surface area contributed by atoms with E-state index in [1.807, 2.05) is 11.9 Å². The second-order valence-electron chi connectivity index (χ2n) is 4.25. The number of rotatable bonds is 8. The third-order valence-corrected chi connectivity index (χ3v) is 3.13. The highest BCUT2D eigenvalue weighted by Crippen LogP contribution is 2.15. The van der Waals surface area contributed by atoms with E-state index in [0.717, 1.165) is 6.42 Å². The summed E-state index contributed by atoms with van der Waals surface area (Å²) in [4.78, 5) is 13.6. The van der Waals surface area contributed by atoms with Crippen molar-refractivity contribution in [2.75, 3.05) is 40.4 Å². The molecular formula is C11H25N3O2. The standard InChI is InChI=1S/C11H25N3O2/c1-5-11(2,9-12)14(3)8-10(15)13-6-7-16-4/h5-9,12H2,1-4H3,(H,13,15). The van der Waals surface area contributed by atoms with Crippen LogP contribution in [0.25, 0.3) is 0 Å². The van der Waals surface area contributed by atoms with Crippen molar-refractivity contribution in [2.24, 2.45) is 5.73 Å².